The van der Waals surface area contributed by atoms with Gasteiger partial charge in [0, 0.05) is 18.5 Å². The zero-order chi connectivity index (χ0) is 13.2. The maximum Gasteiger partial charge on any atom is 0.273 e. The third-order valence-corrected chi connectivity index (χ3v) is 5.02. The molecule has 0 radical (unpaired) electrons. The lowest BCUT2D eigenvalue weighted by atomic mass is 10.1. The molecule has 1 fully saturated rings. The molecule has 19 heavy (non-hydrogen) atoms. The van der Waals surface area contributed by atoms with E-state index in [0.717, 1.165) is 22.7 Å². The molecule has 100 valence electrons. The normalized spacial score (nSPS) is 19.6. The van der Waals surface area contributed by atoms with Gasteiger partial charge < -0.3 is 10.0 Å². The van der Waals surface area contributed by atoms with Gasteiger partial charge in [-0.05, 0) is 24.3 Å². The third-order valence-electron chi connectivity index (χ3n) is 3.14. The van der Waals surface area contributed by atoms with Crippen LogP contribution in [0.15, 0.2) is 22.9 Å². The van der Waals surface area contributed by atoms with Crippen molar-refractivity contribution in [3.8, 4) is 9.88 Å². The first-order valence-electron chi connectivity index (χ1n) is 6.21. The van der Waals surface area contributed by atoms with E-state index in [4.69, 9.17) is 0 Å². The van der Waals surface area contributed by atoms with E-state index >= 15 is 0 Å². The molecule has 1 unspecified atom stereocenters. The number of rotatable bonds is 2. The minimum Gasteiger partial charge on any atom is -0.391 e. The van der Waals surface area contributed by atoms with Crippen molar-refractivity contribution in [1.82, 2.24) is 9.88 Å². The largest absolute Gasteiger partial charge is 0.391 e. The van der Waals surface area contributed by atoms with Crippen LogP contribution in [0.4, 0.5) is 0 Å². The van der Waals surface area contributed by atoms with Gasteiger partial charge in [0.1, 0.15) is 10.7 Å². The SMILES string of the molecule is O=C(c1csc(-c2cccs2)n1)N1CCCC(O)C1. The zero-order valence-electron chi connectivity index (χ0n) is 10.3. The molecule has 1 aliphatic heterocycles. The summed E-state index contributed by atoms with van der Waals surface area (Å²) in [6, 6.07) is 3.98. The Hall–Kier alpha value is -1.24. The van der Waals surface area contributed by atoms with Gasteiger partial charge in [-0.25, -0.2) is 4.98 Å². The zero-order valence-corrected chi connectivity index (χ0v) is 11.9. The van der Waals surface area contributed by atoms with Crippen LogP contribution in [0.2, 0.25) is 0 Å². The number of hydrogen-bond donors (Lipinski definition) is 1. The maximum absolute atomic E-state index is 12.3. The minimum absolute atomic E-state index is 0.0715. The summed E-state index contributed by atoms with van der Waals surface area (Å²) < 4.78 is 0. The number of carbonyl (C=O) groups excluding carboxylic acids is 1. The van der Waals surface area contributed by atoms with Crippen LogP contribution in [0.25, 0.3) is 9.88 Å². The van der Waals surface area contributed by atoms with Crippen LogP contribution in [0.1, 0.15) is 23.3 Å². The van der Waals surface area contributed by atoms with Crippen LogP contribution < -0.4 is 0 Å². The van der Waals surface area contributed by atoms with E-state index in [-0.39, 0.29) is 5.91 Å². The highest BCUT2D eigenvalue weighted by molar-refractivity contribution is 7.20. The molecular formula is C13H14N2O2S2. The number of piperidine rings is 1. The first-order valence-corrected chi connectivity index (χ1v) is 7.97. The minimum atomic E-state index is -0.395. The smallest absolute Gasteiger partial charge is 0.273 e. The molecule has 0 spiro atoms. The van der Waals surface area contributed by atoms with Gasteiger partial charge in [-0.2, -0.15) is 0 Å². The number of thiophene rings is 1. The van der Waals surface area contributed by atoms with E-state index < -0.39 is 6.10 Å². The second-order valence-electron chi connectivity index (χ2n) is 4.56. The number of hydrogen-bond acceptors (Lipinski definition) is 5. The van der Waals surface area contributed by atoms with Crippen molar-refractivity contribution in [3.63, 3.8) is 0 Å². The average Bonchev–Trinajstić information content (AvgIpc) is 3.08. The summed E-state index contributed by atoms with van der Waals surface area (Å²) in [4.78, 5) is 19.5. The molecule has 3 rings (SSSR count). The molecule has 1 saturated heterocycles. The van der Waals surface area contributed by atoms with Gasteiger partial charge in [0.25, 0.3) is 5.91 Å². The number of carbonyl (C=O) groups is 1. The van der Waals surface area contributed by atoms with Crippen molar-refractivity contribution in [3.05, 3.63) is 28.6 Å². The Labute approximate surface area is 119 Å². The Kier molecular flexibility index (Phi) is 3.63. The summed E-state index contributed by atoms with van der Waals surface area (Å²) in [6.45, 7) is 1.13. The molecule has 1 N–H and O–H groups in total. The van der Waals surface area contributed by atoms with Crippen molar-refractivity contribution in [1.29, 1.82) is 0 Å². The predicted octanol–water partition coefficient (Wildman–Crippen LogP) is 2.47. The number of aliphatic hydroxyl groups excluding tert-OH is 1. The van der Waals surface area contributed by atoms with Crippen molar-refractivity contribution in [2.24, 2.45) is 0 Å². The molecular weight excluding hydrogens is 280 g/mol. The van der Waals surface area contributed by atoms with Crippen LogP contribution in [0.3, 0.4) is 0 Å². The predicted molar refractivity (Wildman–Crippen MR) is 76.6 cm³/mol. The highest BCUT2D eigenvalue weighted by Gasteiger charge is 2.24. The fraction of sp³-hybridized carbons (Fsp3) is 0.385. The van der Waals surface area contributed by atoms with Gasteiger partial charge in [-0.15, -0.1) is 22.7 Å². The Balaban J connectivity index is 1.77. The lowest BCUT2D eigenvalue weighted by Gasteiger charge is -2.29. The molecule has 4 nitrogen and oxygen atoms in total. The van der Waals surface area contributed by atoms with Gasteiger partial charge in [-0.1, -0.05) is 6.07 Å². The third kappa shape index (κ3) is 2.70. The molecule has 2 aromatic rings. The van der Waals surface area contributed by atoms with Crippen molar-refractivity contribution in [2.45, 2.75) is 18.9 Å². The van der Waals surface area contributed by atoms with Gasteiger partial charge in [0.2, 0.25) is 0 Å². The van der Waals surface area contributed by atoms with Crippen LogP contribution in [0, 0.1) is 0 Å². The highest BCUT2D eigenvalue weighted by atomic mass is 32.1. The Morgan fingerprint density at radius 3 is 3.11 bits per heavy atom. The first-order chi connectivity index (χ1) is 9.24. The van der Waals surface area contributed by atoms with Crippen LogP contribution >= 0.6 is 22.7 Å². The maximum atomic E-state index is 12.3. The molecule has 1 aliphatic rings. The second-order valence-corrected chi connectivity index (χ2v) is 6.37. The number of likely N-dealkylation sites (tertiary alicyclic amines) is 1. The van der Waals surface area contributed by atoms with Gasteiger partial charge in [0.15, 0.2) is 0 Å². The van der Waals surface area contributed by atoms with E-state index in [9.17, 15) is 9.90 Å². The molecule has 0 saturated carbocycles. The Morgan fingerprint density at radius 2 is 2.37 bits per heavy atom. The van der Waals surface area contributed by atoms with Crippen molar-refractivity contribution >= 4 is 28.6 Å². The summed E-state index contributed by atoms with van der Waals surface area (Å²) in [6.07, 6.45) is 1.24. The van der Waals surface area contributed by atoms with Crippen LogP contribution in [0.5, 0.6) is 0 Å². The molecule has 1 amide bonds. The number of nitrogens with zero attached hydrogens (tertiary/aromatic N) is 2. The van der Waals surface area contributed by atoms with Crippen LogP contribution in [-0.2, 0) is 0 Å². The van der Waals surface area contributed by atoms with E-state index in [1.807, 2.05) is 17.5 Å². The average molecular weight is 294 g/mol. The van der Waals surface area contributed by atoms with E-state index in [1.54, 1.807) is 21.6 Å². The Morgan fingerprint density at radius 1 is 1.47 bits per heavy atom. The standard InChI is InChI=1S/C13H14N2O2S2/c16-9-3-1-5-15(7-9)13(17)10-8-19-12(14-10)11-4-2-6-18-11/h2,4,6,8-9,16H,1,3,5,7H2. The Bertz CT molecular complexity index is 565. The number of thiazole rings is 1. The highest BCUT2D eigenvalue weighted by Crippen LogP contribution is 2.28. The monoisotopic (exact) mass is 294 g/mol. The molecule has 6 heteroatoms. The number of aromatic nitrogens is 1. The van der Waals surface area contributed by atoms with E-state index in [2.05, 4.69) is 4.98 Å². The molecule has 1 atom stereocenters. The topological polar surface area (TPSA) is 53.4 Å². The van der Waals surface area contributed by atoms with E-state index in [0.29, 0.717) is 18.8 Å². The van der Waals surface area contributed by atoms with Crippen molar-refractivity contribution < 1.29 is 9.90 Å². The fourth-order valence-corrected chi connectivity index (χ4v) is 3.79. The number of β-amino-alcohol motifs (C(OH)–C–C–N with tert-alkyl or cyclic N) is 1. The fourth-order valence-electron chi connectivity index (χ4n) is 2.19. The molecule has 0 bridgehead atoms. The van der Waals surface area contributed by atoms with Crippen molar-refractivity contribution in [2.75, 3.05) is 13.1 Å². The summed E-state index contributed by atoms with van der Waals surface area (Å²) in [5.74, 6) is -0.0715. The summed E-state index contributed by atoms with van der Waals surface area (Å²) in [5, 5.41) is 14.3. The van der Waals surface area contributed by atoms with Crippen LogP contribution in [-0.4, -0.2) is 40.1 Å². The summed E-state index contributed by atoms with van der Waals surface area (Å²) >= 11 is 3.11. The number of amides is 1. The first kappa shape index (κ1) is 12.8. The lowest BCUT2D eigenvalue weighted by Crippen LogP contribution is -2.42. The lowest BCUT2D eigenvalue weighted by molar-refractivity contribution is 0.0469. The summed E-state index contributed by atoms with van der Waals surface area (Å²) in [7, 11) is 0. The van der Waals surface area contributed by atoms with Gasteiger partial charge in [0.05, 0.1) is 11.0 Å². The van der Waals surface area contributed by atoms with Gasteiger partial charge >= 0.3 is 0 Å². The molecule has 3 heterocycles. The second kappa shape index (κ2) is 5.40. The molecule has 2 aromatic heterocycles. The molecule has 0 aromatic carbocycles. The van der Waals surface area contributed by atoms with E-state index in [1.165, 1.54) is 11.3 Å². The number of aliphatic hydroxyl groups is 1. The quantitative estimate of drug-likeness (QED) is 0.925. The molecule has 0 aliphatic carbocycles. The summed E-state index contributed by atoms with van der Waals surface area (Å²) in [5.41, 5.74) is 0.488. The van der Waals surface area contributed by atoms with Gasteiger partial charge in [-0.3, -0.25) is 4.79 Å².